The van der Waals surface area contributed by atoms with Gasteiger partial charge in [-0.1, -0.05) is 74.8 Å². The molecule has 1 aliphatic carbocycles. The number of carbonyl (C=O) groups excluding carboxylic acids is 3. The summed E-state index contributed by atoms with van der Waals surface area (Å²) in [6.45, 7) is 5.61. The smallest absolute Gasteiger partial charge is 0.408 e. The Kier molecular flexibility index (Phi) is 13.0. The zero-order chi connectivity index (χ0) is 28.9. The Morgan fingerprint density at radius 1 is 1.00 bits per heavy atom. The number of nitrogens with zero attached hydrogens (tertiary/aromatic N) is 2. The van der Waals surface area contributed by atoms with E-state index in [-0.39, 0.29) is 24.5 Å². The number of anilines is 1. The zero-order valence-electron chi connectivity index (χ0n) is 23.8. The molecule has 3 rings (SSSR count). The van der Waals surface area contributed by atoms with E-state index in [1.54, 1.807) is 11.8 Å². The molecule has 1 aromatic carbocycles. The summed E-state index contributed by atoms with van der Waals surface area (Å²) >= 11 is 3.03. The summed E-state index contributed by atoms with van der Waals surface area (Å²) < 4.78 is 5.30. The summed E-state index contributed by atoms with van der Waals surface area (Å²) in [6.07, 6.45) is 7.70. The van der Waals surface area contributed by atoms with Crippen LogP contribution in [-0.4, -0.2) is 58.2 Å². The van der Waals surface area contributed by atoms with Crippen LogP contribution in [0.4, 0.5) is 9.93 Å². The fraction of sp³-hybridized carbons (Fsp3) is 0.607. The number of ether oxygens (including phenoxy) is 1. The number of alkyl carbamates (subject to hydrolysis) is 1. The summed E-state index contributed by atoms with van der Waals surface area (Å²) in [7, 11) is 0. The molecule has 40 heavy (non-hydrogen) atoms. The average molecular weight is 591 g/mol. The van der Waals surface area contributed by atoms with E-state index >= 15 is 0 Å². The van der Waals surface area contributed by atoms with Gasteiger partial charge in [-0.05, 0) is 49.7 Å². The van der Waals surface area contributed by atoms with Gasteiger partial charge in [-0.25, -0.2) is 4.79 Å². The number of hydrogen-bond donors (Lipinski definition) is 4. The summed E-state index contributed by atoms with van der Waals surface area (Å²) in [5, 5.41) is 22.0. The molecule has 1 heterocycles. The summed E-state index contributed by atoms with van der Waals surface area (Å²) in [4.78, 5) is 38.9. The van der Waals surface area contributed by atoms with E-state index in [0.29, 0.717) is 23.2 Å². The molecule has 1 unspecified atom stereocenters. The van der Waals surface area contributed by atoms with Gasteiger partial charge in [0.25, 0.3) is 0 Å². The fourth-order valence-electron chi connectivity index (χ4n) is 4.46. The average Bonchev–Trinajstić information content (AvgIpc) is 3.42. The highest BCUT2D eigenvalue weighted by Crippen LogP contribution is 2.26. The number of benzene rings is 1. The number of carbonyl (C=O) groups is 3. The van der Waals surface area contributed by atoms with Crippen LogP contribution in [0, 0.1) is 5.92 Å². The fourth-order valence-corrected chi connectivity index (χ4v) is 5.75. The minimum Gasteiger partial charge on any atom is -0.445 e. The van der Waals surface area contributed by atoms with Crippen molar-refractivity contribution < 1.29 is 19.1 Å². The van der Waals surface area contributed by atoms with Crippen molar-refractivity contribution in [3.05, 3.63) is 40.9 Å². The van der Waals surface area contributed by atoms with Crippen molar-refractivity contribution in [1.82, 2.24) is 26.1 Å². The van der Waals surface area contributed by atoms with Crippen molar-refractivity contribution in [2.24, 2.45) is 5.92 Å². The lowest BCUT2D eigenvalue weighted by molar-refractivity contribution is -0.131. The number of aromatic nitrogens is 2. The van der Waals surface area contributed by atoms with Crippen molar-refractivity contribution in [1.29, 1.82) is 0 Å². The van der Waals surface area contributed by atoms with Crippen LogP contribution >= 0.6 is 23.1 Å². The summed E-state index contributed by atoms with van der Waals surface area (Å²) in [5.41, 5.74) is 0.846. The van der Waals surface area contributed by atoms with E-state index < -0.39 is 24.1 Å². The number of thioether (sulfide) groups is 1. The molecule has 0 aliphatic heterocycles. The summed E-state index contributed by atoms with van der Waals surface area (Å²) in [6, 6.07) is 7.74. The SMILES string of the molecule is CSCCC(NC(=O)[C@@H](NC(=O)OCc1ccccc1)C(C)C)C(=O)N[C@@H](C)c1nnc(NC2CCCCC2)s1. The van der Waals surface area contributed by atoms with E-state index in [0.717, 1.165) is 23.5 Å². The molecule has 1 aliphatic rings. The lowest BCUT2D eigenvalue weighted by Crippen LogP contribution is -2.55. The molecule has 1 saturated carbocycles. The minimum absolute atomic E-state index is 0.0965. The van der Waals surface area contributed by atoms with Crippen LogP contribution < -0.4 is 21.3 Å². The first kappa shape index (κ1) is 31.7. The van der Waals surface area contributed by atoms with Crippen molar-refractivity contribution in [3.63, 3.8) is 0 Å². The lowest BCUT2D eigenvalue weighted by Gasteiger charge is -2.25. The van der Waals surface area contributed by atoms with E-state index in [1.807, 2.05) is 57.4 Å². The predicted molar refractivity (Wildman–Crippen MR) is 160 cm³/mol. The second kappa shape index (κ2) is 16.4. The van der Waals surface area contributed by atoms with Gasteiger partial charge in [0, 0.05) is 6.04 Å². The maximum atomic E-state index is 13.3. The Balaban J connectivity index is 1.56. The molecular formula is C28H42N6O4S2. The van der Waals surface area contributed by atoms with Gasteiger partial charge in [0.2, 0.25) is 16.9 Å². The highest BCUT2D eigenvalue weighted by molar-refractivity contribution is 7.98. The Labute approximate surface area is 245 Å². The molecule has 0 saturated heterocycles. The Hall–Kier alpha value is -2.86. The molecule has 2 aromatic rings. The molecule has 1 aromatic heterocycles. The molecule has 1 fully saturated rings. The molecular weight excluding hydrogens is 548 g/mol. The van der Waals surface area contributed by atoms with Gasteiger partial charge in [-0.2, -0.15) is 11.8 Å². The molecule has 3 atom stereocenters. The molecule has 4 N–H and O–H groups in total. The second-order valence-electron chi connectivity index (χ2n) is 10.4. The van der Waals surface area contributed by atoms with E-state index in [1.165, 1.54) is 30.6 Å². The lowest BCUT2D eigenvalue weighted by atomic mass is 9.96. The van der Waals surface area contributed by atoms with Gasteiger partial charge in [-0.3, -0.25) is 9.59 Å². The van der Waals surface area contributed by atoms with Crippen molar-refractivity contribution in [2.75, 3.05) is 17.3 Å². The van der Waals surface area contributed by atoms with E-state index in [2.05, 4.69) is 31.5 Å². The van der Waals surface area contributed by atoms with Crippen molar-refractivity contribution in [2.45, 2.75) is 90.1 Å². The quantitative estimate of drug-likeness (QED) is 0.250. The summed E-state index contributed by atoms with van der Waals surface area (Å²) in [5.74, 6) is -0.277. The Morgan fingerprint density at radius 2 is 1.73 bits per heavy atom. The van der Waals surface area contributed by atoms with Crippen molar-refractivity contribution >= 4 is 46.1 Å². The van der Waals surface area contributed by atoms with E-state index in [9.17, 15) is 14.4 Å². The van der Waals surface area contributed by atoms with Crippen LogP contribution in [0.5, 0.6) is 0 Å². The molecule has 220 valence electrons. The molecule has 0 bridgehead atoms. The highest BCUT2D eigenvalue weighted by Gasteiger charge is 2.30. The topological polar surface area (TPSA) is 134 Å². The van der Waals surface area contributed by atoms with Crippen LogP contribution in [0.2, 0.25) is 0 Å². The third kappa shape index (κ3) is 10.3. The van der Waals surface area contributed by atoms with Crippen LogP contribution in [0.3, 0.4) is 0 Å². The van der Waals surface area contributed by atoms with Crippen LogP contribution in [-0.2, 0) is 20.9 Å². The third-order valence-corrected chi connectivity index (χ3v) is 8.46. The zero-order valence-corrected chi connectivity index (χ0v) is 25.4. The van der Waals surface area contributed by atoms with Gasteiger partial charge in [-0.15, -0.1) is 10.2 Å². The van der Waals surface area contributed by atoms with E-state index in [4.69, 9.17) is 4.74 Å². The predicted octanol–water partition coefficient (Wildman–Crippen LogP) is 4.65. The maximum Gasteiger partial charge on any atom is 0.408 e. The Morgan fingerprint density at radius 3 is 2.40 bits per heavy atom. The minimum atomic E-state index is -0.859. The maximum absolute atomic E-state index is 13.3. The Bertz CT molecular complexity index is 1080. The van der Waals surface area contributed by atoms with Gasteiger partial charge in [0.05, 0.1) is 6.04 Å². The van der Waals surface area contributed by atoms with Gasteiger partial charge in [0.1, 0.15) is 23.7 Å². The number of nitrogens with one attached hydrogen (secondary N) is 4. The first-order chi connectivity index (χ1) is 19.3. The molecule has 0 spiro atoms. The molecule has 0 radical (unpaired) electrons. The third-order valence-electron chi connectivity index (χ3n) is 6.78. The molecule has 10 nitrogen and oxygen atoms in total. The first-order valence-corrected chi connectivity index (χ1v) is 16.1. The van der Waals surface area contributed by atoms with Crippen LogP contribution in [0.15, 0.2) is 30.3 Å². The first-order valence-electron chi connectivity index (χ1n) is 13.9. The highest BCUT2D eigenvalue weighted by atomic mass is 32.2. The monoisotopic (exact) mass is 590 g/mol. The standard InChI is InChI=1S/C28H42N6O4S2/c1-18(2)23(32-28(37)38-17-20-11-7-5-8-12-20)25(36)31-22(15-16-39-4)24(35)29-19(3)26-33-34-27(40-26)30-21-13-9-6-10-14-21/h5,7-8,11-12,18-19,21-23H,6,9-10,13-17H2,1-4H3,(H,29,35)(H,30,34)(H,31,36)(H,32,37)/t19-,22?,23-/m0/s1. The molecule has 12 heteroatoms. The van der Waals surface area contributed by atoms with Gasteiger partial charge >= 0.3 is 6.09 Å². The number of amides is 3. The van der Waals surface area contributed by atoms with Crippen LogP contribution in [0.1, 0.15) is 75.9 Å². The largest absolute Gasteiger partial charge is 0.445 e. The number of hydrogen-bond acceptors (Lipinski definition) is 9. The second-order valence-corrected chi connectivity index (χ2v) is 12.4. The van der Waals surface area contributed by atoms with Crippen molar-refractivity contribution in [3.8, 4) is 0 Å². The number of rotatable bonds is 14. The molecule has 3 amide bonds. The van der Waals surface area contributed by atoms with Gasteiger partial charge < -0.3 is 26.0 Å². The normalized spacial score (nSPS) is 16.0. The van der Waals surface area contributed by atoms with Gasteiger partial charge in [0.15, 0.2) is 0 Å². The van der Waals surface area contributed by atoms with Crippen LogP contribution in [0.25, 0.3) is 0 Å².